The highest BCUT2D eigenvalue weighted by atomic mass is 16.4. The summed E-state index contributed by atoms with van der Waals surface area (Å²) >= 11 is 0. The number of nitrogens with zero attached hydrogens (tertiary/aromatic N) is 1. The van der Waals surface area contributed by atoms with Gasteiger partial charge in [-0.3, -0.25) is 9.69 Å². The summed E-state index contributed by atoms with van der Waals surface area (Å²) in [6.45, 7) is 3.48. The minimum absolute atomic E-state index is 0.440. The molecule has 4 heteroatoms. The number of fused-ring (bicyclic) bond motifs is 1. The molecular weight excluding hydrogens is 180 g/mol. The number of hydrogen-bond donors (Lipinski definition) is 2. The fourth-order valence-corrected chi connectivity index (χ4v) is 1.97. The monoisotopic (exact) mass is 194 g/mol. The molecule has 0 saturated heterocycles. The second-order valence-corrected chi connectivity index (χ2v) is 3.94. The van der Waals surface area contributed by atoms with Crippen LogP contribution in [0.1, 0.15) is 29.7 Å². The zero-order valence-corrected chi connectivity index (χ0v) is 8.37. The molecule has 1 unspecified atom stereocenters. The van der Waals surface area contributed by atoms with Gasteiger partial charge in [-0.1, -0.05) is 0 Å². The van der Waals surface area contributed by atoms with Crippen molar-refractivity contribution in [3.05, 3.63) is 23.0 Å². The van der Waals surface area contributed by atoms with Crippen LogP contribution in [0.4, 0.5) is 0 Å². The first-order valence-corrected chi connectivity index (χ1v) is 4.70. The summed E-state index contributed by atoms with van der Waals surface area (Å²) in [6.07, 6.45) is 1.92. The number of rotatable bonds is 2. The predicted molar refractivity (Wildman–Crippen MR) is 52.0 cm³/mol. The Morgan fingerprint density at radius 2 is 2.36 bits per heavy atom. The first-order valence-electron chi connectivity index (χ1n) is 4.70. The van der Waals surface area contributed by atoms with Gasteiger partial charge in [-0.2, -0.15) is 0 Å². The van der Waals surface area contributed by atoms with E-state index in [1.54, 1.807) is 6.92 Å². The minimum Gasteiger partial charge on any atom is -0.481 e. The van der Waals surface area contributed by atoms with Gasteiger partial charge in [-0.05, 0) is 25.1 Å². The van der Waals surface area contributed by atoms with Crippen LogP contribution in [0.15, 0.2) is 6.20 Å². The topological polar surface area (TPSA) is 56.3 Å². The van der Waals surface area contributed by atoms with E-state index >= 15 is 0 Å². The maximum Gasteiger partial charge on any atom is 0.312 e. The predicted octanol–water partition coefficient (Wildman–Crippen LogP) is 1.15. The van der Waals surface area contributed by atoms with Crippen LogP contribution in [0.3, 0.4) is 0 Å². The molecule has 2 heterocycles. The highest BCUT2D eigenvalue weighted by molar-refractivity contribution is 5.75. The van der Waals surface area contributed by atoms with Gasteiger partial charge in [-0.25, -0.2) is 0 Å². The van der Waals surface area contributed by atoms with Crippen LogP contribution in [0.5, 0.6) is 0 Å². The minimum atomic E-state index is -0.774. The number of aromatic nitrogens is 1. The molecule has 0 fully saturated rings. The fourth-order valence-electron chi connectivity index (χ4n) is 1.97. The molecule has 0 aromatic carbocycles. The molecule has 1 aliphatic rings. The highest BCUT2D eigenvalue weighted by Crippen LogP contribution is 2.29. The molecule has 0 spiro atoms. The second kappa shape index (κ2) is 3.13. The molecule has 0 bridgehead atoms. The molecule has 14 heavy (non-hydrogen) atoms. The first kappa shape index (κ1) is 9.27. The summed E-state index contributed by atoms with van der Waals surface area (Å²) in [4.78, 5) is 16.1. The maximum absolute atomic E-state index is 10.8. The summed E-state index contributed by atoms with van der Waals surface area (Å²) in [7, 11) is 2.04. The lowest BCUT2D eigenvalue weighted by Gasteiger charge is -2.09. The molecule has 1 aliphatic heterocycles. The Kier molecular flexibility index (Phi) is 2.07. The lowest BCUT2D eigenvalue weighted by molar-refractivity contribution is -0.138. The molecule has 1 aromatic rings. The number of carboxylic acids is 1. The van der Waals surface area contributed by atoms with E-state index in [-0.39, 0.29) is 0 Å². The number of H-pyrrole nitrogens is 1. The van der Waals surface area contributed by atoms with Crippen LogP contribution < -0.4 is 0 Å². The number of nitrogens with one attached hydrogen (secondary N) is 1. The van der Waals surface area contributed by atoms with E-state index < -0.39 is 11.9 Å². The third kappa shape index (κ3) is 1.32. The van der Waals surface area contributed by atoms with Crippen molar-refractivity contribution in [2.45, 2.75) is 25.9 Å². The van der Waals surface area contributed by atoms with Crippen molar-refractivity contribution in [2.75, 3.05) is 7.05 Å². The van der Waals surface area contributed by atoms with Crippen molar-refractivity contribution in [2.24, 2.45) is 0 Å². The van der Waals surface area contributed by atoms with Crippen LogP contribution in [-0.4, -0.2) is 28.0 Å². The van der Waals surface area contributed by atoms with Gasteiger partial charge in [0.05, 0.1) is 5.92 Å². The van der Waals surface area contributed by atoms with Gasteiger partial charge in [0.25, 0.3) is 0 Å². The van der Waals surface area contributed by atoms with Crippen molar-refractivity contribution >= 4 is 5.97 Å². The molecule has 1 atom stereocenters. The standard InChI is InChI=1S/C10H14N2O2/c1-6(10(13)14)9-8-5-12(2)4-7(8)3-11-9/h3,6,11H,4-5H2,1-2H3,(H,13,14). The van der Waals surface area contributed by atoms with Crippen molar-refractivity contribution in [3.8, 4) is 0 Å². The average Bonchev–Trinajstić information content (AvgIpc) is 2.61. The Bertz CT molecular complexity index is 370. The number of carboxylic acid groups (broad SMARTS) is 1. The second-order valence-electron chi connectivity index (χ2n) is 3.94. The third-order valence-electron chi connectivity index (χ3n) is 2.79. The third-order valence-corrected chi connectivity index (χ3v) is 2.79. The Morgan fingerprint density at radius 1 is 1.64 bits per heavy atom. The van der Waals surface area contributed by atoms with Crippen LogP contribution in [0.2, 0.25) is 0 Å². The van der Waals surface area contributed by atoms with E-state index in [9.17, 15) is 4.79 Å². The maximum atomic E-state index is 10.8. The summed E-state index contributed by atoms with van der Waals surface area (Å²) in [6, 6.07) is 0. The molecule has 1 aromatic heterocycles. The summed E-state index contributed by atoms with van der Waals surface area (Å²) < 4.78 is 0. The largest absolute Gasteiger partial charge is 0.481 e. The Hall–Kier alpha value is -1.29. The first-order chi connectivity index (χ1) is 6.59. The van der Waals surface area contributed by atoms with Crippen LogP contribution in [-0.2, 0) is 17.9 Å². The number of aromatic amines is 1. The van der Waals surface area contributed by atoms with Crippen molar-refractivity contribution in [1.82, 2.24) is 9.88 Å². The van der Waals surface area contributed by atoms with E-state index in [2.05, 4.69) is 9.88 Å². The molecule has 0 saturated carbocycles. The van der Waals surface area contributed by atoms with Crippen LogP contribution >= 0.6 is 0 Å². The average molecular weight is 194 g/mol. The van der Waals surface area contributed by atoms with Crippen molar-refractivity contribution < 1.29 is 9.90 Å². The quantitative estimate of drug-likeness (QED) is 0.742. The SMILES string of the molecule is CC(C(=O)O)c1[nH]cc2c1CN(C)C2. The summed E-state index contributed by atoms with van der Waals surface area (Å²) in [5.74, 6) is -1.21. The molecule has 0 radical (unpaired) electrons. The van der Waals surface area contributed by atoms with Gasteiger partial charge in [0.2, 0.25) is 0 Å². The van der Waals surface area contributed by atoms with E-state index in [0.29, 0.717) is 0 Å². The highest BCUT2D eigenvalue weighted by Gasteiger charge is 2.26. The zero-order chi connectivity index (χ0) is 10.3. The Morgan fingerprint density at radius 3 is 3.00 bits per heavy atom. The molecule has 4 nitrogen and oxygen atoms in total. The Balaban J connectivity index is 2.33. The lowest BCUT2D eigenvalue weighted by atomic mass is 10.0. The van der Waals surface area contributed by atoms with E-state index in [0.717, 1.165) is 18.8 Å². The number of aliphatic carboxylic acids is 1. The molecule has 2 rings (SSSR count). The van der Waals surface area contributed by atoms with E-state index in [1.165, 1.54) is 11.1 Å². The molecule has 0 amide bonds. The van der Waals surface area contributed by atoms with Gasteiger partial charge in [0.15, 0.2) is 0 Å². The fraction of sp³-hybridized carbons (Fsp3) is 0.500. The molecule has 0 aliphatic carbocycles. The zero-order valence-electron chi connectivity index (χ0n) is 8.37. The van der Waals surface area contributed by atoms with Gasteiger partial charge in [-0.15, -0.1) is 0 Å². The van der Waals surface area contributed by atoms with E-state index in [1.807, 2.05) is 13.2 Å². The number of carbonyl (C=O) groups is 1. The summed E-state index contributed by atoms with van der Waals surface area (Å²) in [5.41, 5.74) is 3.26. The van der Waals surface area contributed by atoms with Crippen molar-refractivity contribution in [1.29, 1.82) is 0 Å². The summed E-state index contributed by atoms with van der Waals surface area (Å²) in [5, 5.41) is 8.92. The van der Waals surface area contributed by atoms with Crippen LogP contribution in [0.25, 0.3) is 0 Å². The van der Waals surface area contributed by atoms with E-state index in [4.69, 9.17) is 5.11 Å². The van der Waals surface area contributed by atoms with Gasteiger partial charge < -0.3 is 10.1 Å². The van der Waals surface area contributed by atoms with Gasteiger partial charge in [0, 0.05) is 25.0 Å². The van der Waals surface area contributed by atoms with Crippen molar-refractivity contribution in [3.63, 3.8) is 0 Å². The van der Waals surface area contributed by atoms with Crippen LogP contribution in [0, 0.1) is 0 Å². The normalized spacial score (nSPS) is 18.1. The molecule has 76 valence electrons. The Labute approximate surface area is 82.5 Å². The number of hydrogen-bond acceptors (Lipinski definition) is 2. The van der Waals surface area contributed by atoms with Gasteiger partial charge in [0.1, 0.15) is 0 Å². The van der Waals surface area contributed by atoms with Gasteiger partial charge >= 0.3 is 5.97 Å². The molecular formula is C10H14N2O2. The smallest absolute Gasteiger partial charge is 0.312 e. The molecule has 2 N–H and O–H groups in total. The lowest BCUT2D eigenvalue weighted by Crippen LogP contribution is -2.12.